The summed E-state index contributed by atoms with van der Waals surface area (Å²) in [4.78, 5) is 33.2. The fourth-order valence-corrected chi connectivity index (χ4v) is 1.41. The number of esters is 1. The predicted octanol–water partition coefficient (Wildman–Crippen LogP) is -0.586. The summed E-state index contributed by atoms with van der Waals surface area (Å²) in [5, 5.41) is 2.51. The van der Waals surface area contributed by atoms with Gasteiger partial charge >= 0.3 is 5.97 Å². The number of hydrogen-bond donors (Lipinski definition) is 1. The Morgan fingerprint density at radius 3 is 2.75 bits per heavy atom. The van der Waals surface area contributed by atoms with Crippen molar-refractivity contribution in [1.29, 1.82) is 0 Å². The summed E-state index contributed by atoms with van der Waals surface area (Å²) in [5.41, 5.74) is 0. The predicted molar refractivity (Wildman–Crippen MR) is 53.6 cm³/mol. The molecule has 1 N–H and O–H groups in total. The second kappa shape index (κ2) is 6.22. The Morgan fingerprint density at radius 1 is 1.44 bits per heavy atom. The first kappa shape index (κ1) is 12.6. The smallest absolute Gasteiger partial charge is 0.305 e. The minimum atomic E-state index is -0.525. The van der Waals surface area contributed by atoms with E-state index >= 15 is 0 Å². The van der Waals surface area contributed by atoms with Crippen LogP contribution in [0, 0.1) is 0 Å². The van der Waals surface area contributed by atoms with Crippen LogP contribution in [0.1, 0.15) is 19.3 Å². The van der Waals surface area contributed by atoms with E-state index in [1.165, 1.54) is 7.11 Å². The van der Waals surface area contributed by atoms with Gasteiger partial charge in [-0.25, -0.2) is 0 Å². The Hall–Kier alpha value is -1.43. The molecule has 1 rings (SSSR count). The van der Waals surface area contributed by atoms with Gasteiger partial charge < -0.3 is 14.8 Å². The van der Waals surface area contributed by atoms with Gasteiger partial charge in [-0.2, -0.15) is 0 Å². The highest BCUT2D eigenvalue weighted by Gasteiger charge is 2.29. The third-order valence-electron chi connectivity index (χ3n) is 2.25. The van der Waals surface area contributed by atoms with Gasteiger partial charge in [-0.15, -0.1) is 0 Å². The number of carbonyl (C=O) groups excluding carboxylic acids is 3. The molecule has 0 aromatic carbocycles. The van der Waals surface area contributed by atoms with Crippen molar-refractivity contribution in [2.45, 2.75) is 25.3 Å². The molecule has 0 saturated carbocycles. The number of ketones is 1. The lowest BCUT2D eigenvalue weighted by Gasteiger charge is -2.08. The van der Waals surface area contributed by atoms with Crippen LogP contribution in [0.15, 0.2) is 0 Å². The molecule has 1 amide bonds. The first-order valence-electron chi connectivity index (χ1n) is 5.10. The van der Waals surface area contributed by atoms with E-state index in [1.807, 2.05) is 0 Å². The molecule has 0 unspecified atom stereocenters. The quantitative estimate of drug-likeness (QED) is 0.374. The van der Waals surface area contributed by atoms with Crippen LogP contribution in [0.4, 0.5) is 0 Å². The summed E-state index contributed by atoms with van der Waals surface area (Å²) < 4.78 is 9.53. The molecule has 0 radical (unpaired) electrons. The molecule has 6 heteroatoms. The van der Waals surface area contributed by atoms with E-state index in [0.29, 0.717) is 13.0 Å². The second-order valence-electron chi connectivity index (χ2n) is 3.52. The topological polar surface area (TPSA) is 81.7 Å². The maximum absolute atomic E-state index is 11.2. The molecule has 1 atom stereocenters. The van der Waals surface area contributed by atoms with Gasteiger partial charge in [-0.1, -0.05) is 0 Å². The molecular weight excluding hydrogens is 214 g/mol. The van der Waals surface area contributed by atoms with E-state index in [2.05, 4.69) is 5.32 Å². The molecule has 90 valence electrons. The third kappa shape index (κ3) is 3.98. The summed E-state index contributed by atoms with van der Waals surface area (Å²) in [6, 6.07) is -0.525. The maximum atomic E-state index is 11.2. The van der Waals surface area contributed by atoms with Gasteiger partial charge in [0.2, 0.25) is 5.91 Å². The Balaban J connectivity index is 2.16. The molecule has 1 aliphatic rings. The van der Waals surface area contributed by atoms with E-state index in [1.54, 1.807) is 0 Å². The van der Waals surface area contributed by atoms with Gasteiger partial charge in [0.05, 0.1) is 19.1 Å². The van der Waals surface area contributed by atoms with Gasteiger partial charge in [0.25, 0.3) is 0 Å². The molecule has 1 aliphatic heterocycles. The van der Waals surface area contributed by atoms with Crippen molar-refractivity contribution in [2.75, 3.05) is 20.3 Å². The van der Waals surface area contributed by atoms with Crippen molar-refractivity contribution in [3.63, 3.8) is 0 Å². The summed E-state index contributed by atoms with van der Waals surface area (Å²) in [6.07, 6.45) is 0.347. The van der Waals surface area contributed by atoms with Crippen molar-refractivity contribution >= 4 is 17.7 Å². The lowest BCUT2D eigenvalue weighted by molar-refractivity contribution is -0.145. The lowest BCUT2D eigenvalue weighted by Crippen LogP contribution is -2.30. The Labute approximate surface area is 93.3 Å². The zero-order valence-corrected chi connectivity index (χ0v) is 9.15. The molecule has 0 aliphatic carbocycles. The SMILES string of the molecule is COCCOC(=O)CC[C@@H]1NC(=O)CC1=O. The maximum Gasteiger partial charge on any atom is 0.305 e. The second-order valence-corrected chi connectivity index (χ2v) is 3.52. The number of amides is 1. The lowest BCUT2D eigenvalue weighted by atomic mass is 10.1. The van der Waals surface area contributed by atoms with E-state index in [-0.39, 0.29) is 37.1 Å². The average molecular weight is 229 g/mol. The molecule has 0 aromatic heterocycles. The molecule has 0 aromatic rings. The minimum absolute atomic E-state index is 0.0800. The van der Waals surface area contributed by atoms with Crippen LogP contribution in [0.3, 0.4) is 0 Å². The number of Topliss-reactive ketones (excluding diaryl/α,β-unsaturated/α-hetero) is 1. The van der Waals surface area contributed by atoms with Crippen LogP contribution >= 0.6 is 0 Å². The molecule has 16 heavy (non-hydrogen) atoms. The van der Waals surface area contributed by atoms with Crippen molar-refractivity contribution in [3.8, 4) is 0 Å². The monoisotopic (exact) mass is 229 g/mol. The van der Waals surface area contributed by atoms with Crippen LogP contribution in [0.25, 0.3) is 0 Å². The van der Waals surface area contributed by atoms with Gasteiger partial charge in [-0.05, 0) is 6.42 Å². The van der Waals surface area contributed by atoms with Crippen LogP contribution in [0.5, 0.6) is 0 Å². The number of methoxy groups -OCH3 is 1. The molecule has 0 spiro atoms. The standard InChI is InChI=1S/C10H15NO5/c1-15-4-5-16-10(14)3-2-7-8(12)6-9(13)11-7/h7H,2-6H2,1H3,(H,11,13)/t7-/m0/s1. The molecule has 0 bridgehead atoms. The number of hydrogen-bond acceptors (Lipinski definition) is 5. The van der Waals surface area contributed by atoms with Crippen LogP contribution in [-0.2, 0) is 23.9 Å². The number of ether oxygens (including phenoxy) is 2. The molecule has 1 heterocycles. The summed E-state index contributed by atoms with van der Waals surface area (Å²) in [6.45, 7) is 0.561. The van der Waals surface area contributed by atoms with Crippen molar-refractivity contribution in [2.24, 2.45) is 0 Å². The Bertz CT molecular complexity index is 289. The van der Waals surface area contributed by atoms with Crippen LogP contribution in [-0.4, -0.2) is 44.0 Å². The van der Waals surface area contributed by atoms with E-state index in [9.17, 15) is 14.4 Å². The normalized spacial score (nSPS) is 19.7. The zero-order valence-electron chi connectivity index (χ0n) is 9.15. The first-order valence-corrected chi connectivity index (χ1v) is 5.10. The highest BCUT2D eigenvalue weighted by Crippen LogP contribution is 2.08. The van der Waals surface area contributed by atoms with Gasteiger partial charge in [-0.3, -0.25) is 14.4 Å². The first-order chi connectivity index (χ1) is 7.63. The Morgan fingerprint density at radius 2 is 2.19 bits per heavy atom. The number of nitrogens with one attached hydrogen (secondary N) is 1. The molecule has 1 saturated heterocycles. The molecular formula is C10H15NO5. The van der Waals surface area contributed by atoms with E-state index in [4.69, 9.17) is 9.47 Å². The highest BCUT2D eigenvalue weighted by molar-refractivity contribution is 6.07. The third-order valence-corrected chi connectivity index (χ3v) is 2.25. The fourth-order valence-electron chi connectivity index (χ4n) is 1.41. The van der Waals surface area contributed by atoms with Crippen molar-refractivity contribution in [1.82, 2.24) is 5.32 Å². The van der Waals surface area contributed by atoms with Gasteiger partial charge in [0.15, 0.2) is 5.78 Å². The number of rotatable bonds is 6. The van der Waals surface area contributed by atoms with Gasteiger partial charge in [0, 0.05) is 13.5 Å². The van der Waals surface area contributed by atoms with Crippen molar-refractivity contribution < 1.29 is 23.9 Å². The summed E-state index contributed by atoms with van der Waals surface area (Å²) >= 11 is 0. The summed E-state index contributed by atoms with van der Waals surface area (Å²) in [7, 11) is 1.51. The van der Waals surface area contributed by atoms with E-state index < -0.39 is 6.04 Å². The Kier molecular flexibility index (Phi) is 4.91. The largest absolute Gasteiger partial charge is 0.463 e. The minimum Gasteiger partial charge on any atom is -0.463 e. The average Bonchev–Trinajstić information content (AvgIpc) is 2.55. The van der Waals surface area contributed by atoms with Gasteiger partial charge in [0.1, 0.15) is 6.61 Å². The molecule has 1 fully saturated rings. The summed E-state index contributed by atoms with van der Waals surface area (Å²) in [5.74, 6) is -0.816. The number of carbonyl (C=O) groups is 3. The fraction of sp³-hybridized carbons (Fsp3) is 0.700. The van der Waals surface area contributed by atoms with E-state index in [0.717, 1.165) is 0 Å². The van der Waals surface area contributed by atoms with Crippen LogP contribution in [0.2, 0.25) is 0 Å². The molecule has 6 nitrogen and oxygen atoms in total. The van der Waals surface area contributed by atoms with Crippen LogP contribution < -0.4 is 5.32 Å². The van der Waals surface area contributed by atoms with Crippen molar-refractivity contribution in [3.05, 3.63) is 0 Å². The zero-order chi connectivity index (χ0) is 12.0. The highest BCUT2D eigenvalue weighted by atomic mass is 16.6.